The number of pyridine rings is 1. The zero-order chi connectivity index (χ0) is 31.3. The average molecular weight is 614 g/mol. The molecule has 3 aromatic rings. The number of nitrogens with zero attached hydrogens (tertiary/aromatic N) is 4. The summed E-state index contributed by atoms with van der Waals surface area (Å²) >= 11 is 0. The van der Waals surface area contributed by atoms with E-state index in [1.165, 1.54) is 18.3 Å². The van der Waals surface area contributed by atoms with E-state index < -0.39 is 9.84 Å². The Morgan fingerprint density at radius 1 is 0.886 bits per heavy atom. The second kappa shape index (κ2) is 13.5. The number of rotatable bonds is 8. The molecule has 228 valence electrons. The third kappa shape index (κ3) is 7.56. The Kier molecular flexibility index (Phi) is 9.52. The summed E-state index contributed by atoms with van der Waals surface area (Å²) < 4.78 is 23.4. The number of nitriles is 1. The quantitative estimate of drug-likeness (QED) is 0.381. The summed E-state index contributed by atoms with van der Waals surface area (Å²) in [5.74, 6) is -0.756. The fraction of sp³-hybridized carbons (Fsp3) is 0.364. The van der Waals surface area contributed by atoms with Gasteiger partial charge in [-0.15, -0.1) is 0 Å². The van der Waals surface area contributed by atoms with Crippen LogP contribution in [0.5, 0.6) is 0 Å². The number of ketones is 1. The van der Waals surface area contributed by atoms with Crippen molar-refractivity contribution in [3.05, 3.63) is 94.8 Å². The molecule has 2 aromatic carbocycles. The van der Waals surface area contributed by atoms with E-state index in [0.29, 0.717) is 42.6 Å². The van der Waals surface area contributed by atoms with Gasteiger partial charge in [0.25, 0.3) is 11.8 Å². The van der Waals surface area contributed by atoms with E-state index in [0.717, 1.165) is 44.3 Å². The number of aromatic nitrogens is 1. The van der Waals surface area contributed by atoms with E-state index in [1.807, 2.05) is 24.3 Å². The molecular formula is C33H35N5O5S. The van der Waals surface area contributed by atoms with Crippen LogP contribution in [0.4, 0.5) is 0 Å². The Balaban J connectivity index is 1.07. The highest BCUT2D eigenvalue weighted by atomic mass is 32.2. The summed E-state index contributed by atoms with van der Waals surface area (Å²) in [6, 6.07) is 19.0. The summed E-state index contributed by atoms with van der Waals surface area (Å²) in [7, 11) is -3.33. The molecule has 1 aromatic heterocycles. The lowest BCUT2D eigenvalue weighted by Gasteiger charge is -2.32. The standard InChI is InChI=1S/C33H35N5O5S/c1-44(42,43)29-9-6-25(7-10-29)31(39)26-12-18-38(19-13-26)33(41)30-11-8-27(21-35-30)32(40)36-28-14-16-37(17-15-28)22-24-4-2-23(20-34)3-5-24/h2-11,21,26,28H,12-19,22H2,1H3,(H,36,40). The van der Waals surface area contributed by atoms with Crippen molar-refractivity contribution >= 4 is 27.4 Å². The molecule has 44 heavy (non-hydrogen) atoms. The maximum absolute atomic E-state index is 13.1. The molecule has 2 aliphatic rings. The molecule has 3 heterocycles. The minimum Gasteiger partial charge on any atom is -0.349 e. The van der Waals surface area contributed by atoms with Crippen LogP contribution in [0.1, 0.15) is 68.0 Å². The van der Waals surface area contributed by atoms with Gasteiger partial charge in [0.2, 0.25) is 0 Å². The molecule has 0 radical (unpaired) electrons. The number of piperidine rings is 2. The first kappa shape index (κ1) is 31.0. The number of sulfone groups is 1. The van der Waals surface area contributed by atoms with Gasteiger partial charge in [0, 0.05) is 62.7 Å². The first-order valence-electron chi connectivity index (χ1n) is 14.7. The highest BCUT2D eigenvalue weighted by molar-refractivity contribution is 7.90. The molecule has 5 rings (SSSR count). The Morgan fingerprint density at radius 3 is 2.09 bits per heavy atom. The van der Waals surface area contributed by atoms with Gasteiger partial charge >= 0.3 is 0 Å². The van der Waals surface area contributed by atoms with Gasteiger partial charge in [0.05, 0.1) is 22.1 Å². The second-order valence-corrected chi connectivity index (χ2v) is 13.5. The second-order valence-electron chi connectivity index (χ2n) is 11.5. The number of Topliss-reactive ketones (excluding diaryl/α,β-unsaturated/α-hetero) is 1. The van der Waals surface area contributed by atoms with E-state index in [2.05, 4.69) is 21.3 Å². The van der Waals surface area contributed by atoms with Gasteiger partial charge in [-0.1, -0.05) is 24.3 Å². The van der Waals surface area contributed by atoms with Gasteiger partial charge in [0.15, 0.2) is 15.6 Å². The summed E-state index contributed by atoms with van der Waals surface area (Å²) in [6.07, 6.45) is 5.23. The summed E-state index contributed by atoms with van der Waals surface area (Å²) in [5, 5.41) is 12.1. The van der Waals surface area contributed by atoms with Gasteiger partial charge in [-0.05, 0) is 67.6 Å². The average Bonchev–Trinajstić information content (AvgIpc) is 3.05. The Hall–Kier alpha value is -4.40. The van der Waals surface area contributed by atoms with E-state index in [-0.39, 0.29) is 40.1 Å². The normalized spacial score (nSPS) is 16.7. The van der Waals surface area contributed by atoms with Crippen LogP contribution in [0.2, 0.25) is 0 Å². The number of likely N-dealkylation sites (tertiary alicyclic amines) is 2. The number of carbonyl (C=O) groups is 3. The van der Waals surface area contributed by atoms with Crippen LogP contribution in [0.25, 0.3) is 0 Å². The lowest BCUT2D eigenvalue weighted by atomic mass is 9.89. The number of hydrogen-bond donors (Lipinski definition) is 1. The van der Waals surface area contributed by atoms with Crippen LogP contribution in [-0.2, 0) is 16.4 Å². The third-order valence-corrected chi connectivity index (χ3v) is 9.51. The van der Waals surface area contributed by atoms with Gasteiger partial charge < -0.3 is 10.2 Å². The zero-order valence-electron chi connectivity index (χ0n) is 24.6. The van der Waals surface area contributed by atoms with Gasteiger partial charge in [-0.25, -0.2) is 8.42 Å². The highest BCUT2D eigenvalue weighted by Gasteiger charge is 2.29. The topological polar surface area (TPSA) is 141 Å². The SMILES string of the molecule is CS(=O)(=O)c1ccc(C(=O)C2CCN(C(=O)c3ccc(C(=O)NC4CCN(Cc5ccc(C#N)cc5)CC4)cn3)CC2)cc1. The molecular weight excluding hydrogens is 578 g/mol. The molecule has 10 nitrogen and oxygen atoms in total. The van der Waals surface area contributed by atoms with Gasteiger partial charge in [-0.2, -0.15) is 5.26 Å². The molecule has 0 unspecified atom stereocenters. The first-order chi connectivity index (χ1) is 21.1. The highest BCUT2D eigenvalue weighted by Crippen LogP contribution is 2.24. The van der Waals surface area contributed by atoms with E-state index in [9.17, 15) is 22.8 Å². The van der Waals surface area contributed by atoms with Crippen LogP contribution in [0.3, 0.4) is 0 Å². The van der Waals surface area contributed by atoms with Gasteiger partial charge in [0.1, 0.15) is 5.69 Å². The Morgan fingerprint density at radius 2 is 1.52 bits per heavy atom. The zero-order valence-corrected chi connectivity index (χ0v) is 25.4. The maximum atomic E-state index is 13.1. The fourth-order valence-electron chi connectivity index (χ4n) is 5.71. The molecule has 2 amide bonds. The minimum absolute atomic E-state index is 0.0531. The summed E-state index contributed by atoms with van der Waals surface area (Å²) in [6.45, 7) is 3.33. The number of benzene rings is 2. The molecule has 1 N–H and O–H groups in total. The van der Waals surface area contributed by atoms with Crippen molar-refractivity contribution in [2.24, 2.45) is 5.92 Å². The number of carbonyl (C=O) groups excluding carboxylic acids is 3. The fourth-order valence-corrected chi connectivity index (χ4v) is 6.34. The number of hydrogen-bond acceptors (Lipinski definition) is 8. The van der Waals surface area contributed by atoms with Crippen LogP contribution in [0, 0.1) is 17.2 Å². The summed E-state index contributed by atoms with van der Waals surface area (Å²) in [4.78, 5) is 47.3. The number of amides is 2. The lowest BCUT2D eigenvalue weighted by Crippen LogP contribution is -2.44. The Labute approximate surface area is 257 Å². The molecule has 0 spiro atoms. The monoisotopic (exact) mass is 613 g/mol. The van der Waals surface area contributed by atoms with E-state index in [1.54, 1.807) is 29.2 Å². The predicted molar refractivity (Wildman–Crippen MR) is 164 cm³/mol. The van der Waals surface area contributed by atoms with Crippen molar-refractivity contribution in [3.8, 4) is 6.07 Å². The van der Waals surface area contributed by atoms with E-state index >= 15 is 0 Å². The summed E-state index contributed by atoms with van der Waals surface area (Å²) in [5.41, 5.74) is 2.91. The predicted octanol–water partition coefficient (Wildman–Crippen LogP) is 3.49. The van der Waals surface area contributed by atoms with Crippen molar-refractivity contribution in [1.82, 2.24) is 20.1 Å². The molecule has 2 aliphatic heterocycles. The minimum atomic E-state index is -3.33. The smallest absolute Gasteiger partial charge is 0.272 e. The molecule has 0 atom stereocenters. The molecule has 0 aliphatic carbocycles. The van der Waals surface area contributed by atoms with Crippen LogP contribution in [-0.4, -0.2) is 79.3 Å². The van der Waals surface area contributed by atoms with Crippen LogP contribution >= 0.6 is 0 Å². The van der Waals surface area contributed by atoms with Crippen molar-refractivity contribution < 1.29 is 22.8 Å². The van der Waals surface area contributed by atoms with Crippen LogP contribution in [0.15, 0.2) is 71.8 Å². The molecule has 2 fully saturated rings. The van der Waals surface area contributed by atoms with Crippen molar-refractivity contribution in [1.29, 1.82) is 5.26 Å². The molecule has 2 saturated heterocycles. The molecule has 0 saturated carbocycles. The van der Waals surface area contributed by atoms with Gasteiger partial charge in [-0.3, -0.25) is 24.3 Å². The first-order valence-corrected chi connectivity index (χ1v) is 16.6. The molecule has 11 heteroatoms. The lowest BCUT2D eigenvalue weighted by molar-refractivity contribution is 0.0645. The van der Waals surface area contributed by atoms with Crippen molar-refractivity contribution in [2.75, 3.05) is 32.4 Å². The third-order valence-electron chi connectivity index (χ3n) is 8.38. The molecule has 0 bridgehead atoms. The van der Waals surface area contributed by atoms with Crippen molar-refractivity contribution in [2.45, 2.75) is 43.2 Å². The Bertz CT molecular complexity index is 1650. The van der Waals surface area contributed by atoms with E-state index in [4.69, 9.17) is 5.26 Å². The van der Waals surface area contributed by atoms with Crippen molar-refractivity contribution in [3.63, 3.8) is 0 Å². The van der Waals surface area contributed by atoms with Crippen LogP contribution < -0.4 is 5.32 Å². The largest absolute Gasteiger partial charge is 0.349 e. The maximum Gasteiger partial charge on any atom is 0.272 e. The number of nitrogens with one attached hydrogen (secondary N) is 1.